The number of aliphatic hydroxyl groups excluding tert-OH is 3. The van der Waals surface area contributed by atoms with Crippen molar-refractivity contribution < 1.29 is 102 Å². The maximum Gasteiger partial charge on any atom is 0.247 e. The van der Waals surface area contributed by atoms with Gasteiger partial charge in [-0.05, 0) is 120 Å². The molecule has 49 heteroatoms. The van der Waals surface area contributed by atoms with Crippen LogP contribution >= 0.6 is 21.6 Å². The molecule has 47 nitrogen and oxygen atoms in total. The lowest BCUT2D eigenvalue weighted by atomic mass is 10.0. The molecule has 0 radical (unpaired) electrons. The topological polar surface area (TPSA) is 759 Å². The number of phenolic OH excluding ortho intramolecular Hbond substituents is 1. The number of nitrogens with one attached hydrogen (secondary N) is 20. The summed E-state index contributed by atoms with van der Waals surface area (Å²) in [6.45, 7) is 11.6. The summed E-state index contributed by atoms with van der Waals surface area (Å²) < 4.78 is 0. The number of nitrogens with zero attached hydrogens (tertiary/aromatic N) is 2. The van der Waals surface area contributed by atoms with E-state index in [0.717, 1.165) is 33.4 Å². The van der Waals surface area contributed by atoms with Crippen molar-refractivity contribution in [2.45, 2.75) is 208 Å². The fourth-order valence-electron chi connectivity index (χ4n) is 13.4. The van der Waals surface area contributed by atoms with E-state index in [2.05, 4.69) is 114 Å². The maximum absolute atomic E-state index is 15.3. The Kier molecular flexibility index (Phi) is 45.0. The molecule has 16 atom stereocenters. The van der Waals surface area contributed by atoms with Gasteiger partial charge in [-0.1, -0.05) is 91.1 Å². The molecule has 0 bridgehead atoms. The van der Waals surface area contributed by atoms with Crippen molar-refractivity contribution in [2.24, 2.45) is 28.9 Å². The molecule has 2 fully saturated rings. The highest BCUT2D eigenvalue weighted by Gasteiger charge is 2.42. The number of hydrogen-bond acceptors (Lipinski definition) is 27. The zero-order chi connectivity index (χ0) is 96.6. The van der Waals surface area contributed by atoms with E-state index in [1.54, 1.807) is 44.2 Å². The highest BCUT2D eigenvalue weighted by atomic mass is 33.1. The number of imidazole rings is 1. The second-order valence-electron chi connectivity index (χ2n) is 31.5. The Morgan fingerprint density at radius 1 is 0.623 bits per heavy atom. The molecule has 1 aromatic heterocycles. The molecule has 17 amide bonds. The number of carbonyl (C=O) groups excluding carboxylic acids is 17. The number of aliphatic hydroxyl groups is 3. The number of amides is 17. The highest BCUT2D eigenvalue weighted by molar-refractivity contribution is 8.76. The number of benzene rings is 2. The van der Waals surface area contributed by atoms with Gasteiger partial charge in [-0.25, -0.2) is 4.98 Å². The van der Waals surface area contributed by atoms with Crippen LogP contribution in [0.3, 0.4) is 0 Å². The van der Waals surface area contributed by atoms with Gasteiger partial charge in [0.15, 0.2) is 11.9 Å². The molecule has 714 valence electrons. The summed E-state index contributed by atoms with van der Waals surface area (Å²) in [7, 11) is 2.92. The Morgan fingerprint density at radius 2 is 1.21 bits per heavy atom. The number of guanidine groups is 2. The Morgan fingerprint density at radius 3 is 1.78 bits per heavy atom. The number of aromatic hydroxyl groups is 1. The van der Waals surface area contributed by atoms with Crippen LogP contribution in [0.4, 0.5) is 0 Å². The van der Waals surface area contributed by atoms with Gasteiger partial charge in [-0.2, -0.15) is 0 Å². The number of likely N-dealkylation sites (N-methyl/N-ethyl adjacent to an activating group) is 1. The summed E-state index contributed by atoms with van der Waals surface area (Å²) in [5.41, 5.74) is 23.1. The molecule has 3 heterocycles. The molecule has 2 saturated heterocycles. The zero-order valence-corrected chi connectivity index (χ0v) is 74.6. The predicted molar refractivity (Wildman–Crippen MR) is 476 cm³/mol. The quantitative estimate of drug-likeness (QED) is 0.00833. The molecule has 2 aliphatic heterocycles. The second kappa shape index (κ2) is 54.4. The molecular formula is C81H122N26O21S2. The first-order valence-electron chi connectivity index (χ1n) is 41.7. The molecule has 2 aliphatic rings. The summed E-state index contributed by atoms with van der Waals surface area (Å²) in [5.74, 6) is -20.9. The fraction of sp³-hybridized carbons (Fsp3) is 0.531. The van der Waals surface area contributed by atoms with Gasteiger partial charge in [-0.3, -0.25) is 92.3 Å². The monoisotopic (exact) mass is 1860 g/mol. The van der Waals surface area contributed by atoms with Gasteiger partial charge in [-0.15, -0.1) is 0 Å². The van der Waals surface area contributed by atoms with Gasteiger partial charge < -0.3 is 144 Å². The molecule has 3 aromatic rings. The number of hydrogen-bond donors (Lipinski definition) is 28. The minimum absolute atomic E-state index is 0.00446. The molecule has 5 rings (SSSR count). The summed E-state index contributed by atoms with van der Waals surface area (Å²) in [6.07, 6.45) is -0.790. The van der Waals surface area contributed by atoms with Crippen LogP contribution in [-0.4, -0.2) is 302 Å². The molecule has 0 unspecified atom stereocenters. The van der Waals surface area contributed by atoms with Crippen LogP contribution in [0.25, 0.3) is 0 Å². The number of rotatable bonds is 38. The average Bonchev–Trinajstić information content (AvgIpc) is 1.64. The summed E-state index contributed by atoms with van der Waals surface area (Å²) >= 11 is 0. The molecule has 0 spiro atoms. The van der Waals surface area contributed by atoms with Crippen LogP contribution < -0.4 is 113 Å². The predicted octanol–water partition coefficient (Wildman–Crippen LogP) is -8.62. The van der Waals surface area contributed by atoms with Crippen molar-refractivity contribution in [3.8, 4) is 5.75 Å². The van der Waals surface area contributed by atoms with E-state index in [1.165, 1.54) is 57.7 Å². The van der Waals surface area contributed by atoms with E-state index >= 15 is 19.2 Å². The Bertz CT molecular complexity index is 4480. The minimum Gasteiger partial charge on any atom is -0.508 e. The third kappa shape index (κ3) is 36.3. The smallest absolute Gasteiger partial charge is 0.247 e. The first-order chi connectivity index (χ1) is 61.5. The van der Waals surface area contributed by atoms with Crippen LogP contribution in [0.5, 0.6) is 5.75 Å². The van der Waals surface area contributed by atoms with E-state index in [9.17, 15) is 82.8 Å². The zero-order valence-electron chi connectivity index (χ0n) is 73.0. The van der Waals surface area contributed by atoms with Crippen molar-refractivity contribution in [1.29, 1.82) is 10.8 Å². The largest absolute Gasteiger partial charge is 0.508 e. The lowest BCUT2D eigenvalue weighted by Gasteiger charge is -2.30. The normalized spacial score (nSPS) is 21.3. The molecule has 2 aromatic carbocycles. The van der Waals surface area contributed by atoms with E-state index in [4.69, 9.17) is 33.8 Å². The summed E-state index contributed by atoms with van der Waals surface area (Å²) in [5, 5.41) is 100. The number of carbonyl (C=O) groups is 17. The first kappa shape index (κ1) is 108. The van der Waals surface area contributed by atoms with Crippen LogP contribution in [-0.2, 0) is 101 Å². The number of H-pyrrole nitrogens is 1. The van der Waals surface area contributed by atoms with E-state index < -0.39 is 266 Å². The molecule has 0 saturated carbocycles. The Balaban J connectivity index is 1.71. The van der Waals surface area contributed by atoms with Crippen molar-refractivity contribution in [2.75, 3.05) is 57.9 Å². The number of fused-ring (bicyclic) bond motifs is 1. The van der Waals surface area contributed by atoms with Crippen molar-refractivity contribution in [3.05, 3.63) is 108 Å². The van der Waals surface area contributed by atoms with Gasteiger partial charge in [0.25, 0.3) is 0 Å². The van der Waals surface area contributed by atoms with Crippen molar-refractivity contribution in [3.63, 3.8) is 0 Å². The van der Waals surface area contributed by atoms with E-state index in [0.29, 0.717) is 16.8 Å². The summed E-state index contributed by atoms with van der Waals surface area (Å²) in [4.78, 5) is 253. The molecule has 130 heavy (non-hydrogen) atoms. The average molecular weight is 1860 g/mol. The Hall–Kier alpha value is -13.0. The number of aromatic amines is 1. The van der Waals surface area contributed by atoms with Gasteiger partial charge in [0, 0.05) is 68.7 Å². The highest BCUT2D eigenvalue weighted by Crippen LogP contribution is 2.26. The van der Waals surface area contributed by atoms with Gasteiger partial charge in [0.1, 0.15) is 90.3 Å². The lowest BCUT2D eigenvalue weighted by Crippen LogP contribution is -2.61. The van der Waals surface area contributed by atoms with Crippen LogP contribution in [0, 0.1) is 16.7 Å². The second-order valence-corrected chi connectivity index (χ2v) is 34.1. The third-order valence-corrected chi connectivity index (χ3v) is 22.8. The number of nitrogens with two attached hydrogens (primary N) is 4. The molecule has 0 aliphatic carbocycles. The third-order valence-electron chi connectivity index (χ3n) is 20.3. The summed E-state index contributed by atoms with van der Waals surface area (Å²) in [6, 6.07) is -11.7. The van der Waals surface area contributed by atoms with Crippen molar-refractivity contribution in [1.82, 2.24) is 105 Å². The van der Waals surface area contributed by atoms with Crippen molar-refractivity contribution >= 4 is 134 Å². The van der Waals surface area contributed by atoms with Crippen LogP contribution in [0.2, 0.25) is 0 Å². The van der Waals surface area contributed by atoms with Gasteiger partial charge in [0.05, 0.1) is 38.2 Å². The van der Waals surface area contributed by atoms with Gasteiger partial charge >= 0.3 is 0 Å². The van der Waals surface area contributed by atoms with Gasteiger partial charge in [0.2, 0.25) is 100 Å². The lowest BCUT2D eigenvalue weighted by molar-refractivity contribution is -0.142. The van der Waals surface area contributed by atoms with E-state index in [1.807, 2.05) is 0 Å². The molecule has 32 N–H and O–H groups in total. The van der Waals surface area contributed by atoms with Crippen LogP contribution in [0.15, 0.2) is 91.4 Å². The maximum atomic E-state index is 15.3. The van der Waals surface area contributed by atoms with Crippen LogP contribution in [0.1, 0.15) is 109 Å². The Labute approximate surface area is 757 Å². The number of primary amides is 2. The van der Waals surface area contributed by atoms with E-state index in [-0.39, 0.29) is 94.3 Å². The number of phenols is 1. The standard InChI is InChI=1S/C81H122N26O21S2/c1-40(2)29-52-69(118)100-55(35-108)72(121)98-54(31-45-20-22-47(111)23-21-45)70(119)95-48(17-12-26-90-80(84)85)66(115)92-34-61(113)94-50(18-13-27-91-81(86)87)79(128)107-28-14-19-59(107)76(125)105-63(42(5)6)78(127)103-58(75(124)99-53(30-44-15-10-9-11-16-44)71(120)101-56(36-109)73(122)106-64(43(7)110)65(83)114)38-130-129-37-57(74(123)97-52)102-77(126)62(41(3)4)104-67(116)49(24-25-60(82)112)96-68(117)51(88-8)32-46-33-89-39-93-46/h9-11,15-16,20-23,33,39-40,43,48-59,62-64,88,108-111H,3,5,12-14,17-19,24-32,34-38H2,1-2,4,6-8H3,(H2,82,112)(H2,83,114)(H,89,93)(H,92,115)(H,94,113)(H,95,119)(H,96,117)(H,97,123)(H,98,121)(H,99,124)(H,100,118)(H,101,120)(H,102,126)(H,103,127)(H,104,116)(H,105,125)(H,106,122)(H4,84,85,90)(H4,86,87,91)/t43-,48+,49+,50+,51+,52+,53+,54+,55+,56+,57+,58+,59+,62+,63+,64+/m1/s1. The number of aromatic nitrogens is 2. The first-order valence-corrected chi connectivity index (χ1v) is 44.2. The minimum atomic E-state index is -1.96. The molecular weight excluding hydrogens is 1740 g/mol. The SMILES string of the molecule is C=C(C)[C@H](NC(=O)[C@H](CCC(N)=O)NC(=O)[C@H](Cc1cnc[nH]1)NC)C(=O)N[C@H]1CSSC[C@@H](C(=O)N[C@@H](Cc2ccccc2)C(=O)N[C@@H](CO)C(=O)N[C@H](C(N)=O)[C@@H](C)O)NC(=O)[C@H](C(=C)C)NC(=O)[C@@H]2CCCN2C(=O)[C@H](CCCNC(=N)N)NC(=O)CNC(=O)[C@H](CCCNC(=N)N)NC(=O)[C@H](Cc2ccc(O)cc2)NC(=O)[C@H](CO)NC(=O)[C@H](CC(C)C)NC1=O. The fourth-order valence-corrected chi connectivity index (χ4v) is 15.7.